The lowest BCUT2D eigenvalue weighted by molar-refractivity contribution is 0.0741. The SMILES string of the molecule is CCCCNC(=O)c1cccc(C(=O)N(C)C2CCS(=O)(=O)C2)n1. The number of sulfone groups is 1. The number of rotatable bonds is 6. The molecule has 1 saturated heterocycles. The van der Waals surface area contributed by atoms with Crippen LogP contribution in [-0.2, 0) is 9.84 Å². The third kappa shape index (κ3) is 4.53. The molecule has 0 bridgehead atoms. The summed E-state index contributed by atoms with van der Waals surface area (Å²) in [5.41, 5.74) is 0.328. The lowest BCUT2D eigenvalue weighted by Gasteiger charge is -2.23. The van der Waals surface area contributed by atoms with Gasteiger partial charge in [-0.3, -0.25) is 9.59 Å². The number of hydrogen-bond donors (Lipinski definition) is 1. The second kappa shape index (κ2) is 7.74. The Morgan fingerprint density at radius 2 is 2.04 bits per heavy atom. The van der Waals surface area contributed by atoms with Crippen molar-refractivity contribution in [2.75, 3.05) is 25.1 Å². The smallest absolute Gasteiger partial charge is 0.272 e. The van der Waals surface area contributed by atoms with Gasteiger partial charge in [0.1, 0.15) is 11.4 Å². The molecular weight excluding hydrogens is 330 g/mol. The standard InChI is InChI=1S/C16H23N3O4S/c1-3-4-9-17-15(20)13-6-5-7-14(18-13)16(21)19(2)12-8-10-24(22,23)11-12/h5-7,12H,3-4,8-11H2,1-2H3,(H,17,20). The zero-order valence-electron chi connectivity index (χ0n) is 14.0. The second-order valence-electron chi connectivity index (χ2n) is 5.99. The van der Waals surface area contributed by atoms with E-state index < -0.39 is 9.84 Å². The van der Waals surface area contributed by atoms with Crippen molar-refractivity contribution in [1.82, 2.24) is 15.2 Å². The molecule has 1 atom stereocenters. The molecule has 1 fully saturated rings. The Hall–Kier alpha value is -1.96. The molecule has 1 N–H and O–H groups in total. The average molecular weight is 353 g/mol. The minimum atomic E-state index is -3.07. The first-order chi connectivity index (χ1) is 11.3. The number of carbonyl (C=O) groups excluding carboxylic acids is 2. The molecule has 0 spiro atoms. The predicted molar refractivity (Wildman–Crippen MR) is 90.6 cm³/mol. The fourth-order valence-corrected chi connectivity index (χ4v) is 4.35. The molecule has 1 aromatic rings. The van der Waals surface area contributed by atoms with E-state index in [4.69, 9.17) is 0 Å². The summed E-state index contributed by atoms with van der Waals surface area (Å²) in [6, 6.07) is 4.35. The molecule has 2 heterocycles. The topological polar surface area (TPSA) is 96.4 Å². The Labute approximate surface area is 142 Å². The summed E-state index contributed by atoms with van der Waals surface area (Å²) < 4.78 is 23.1. The molecule has 1 unspecified atom stereocenters. The summed E-state index contributed by atoms with van der Waals surface area (Å²) in [5.74, 6) is -0.612. The number of nitrogens with zero attached hydrogens (tertiary/aromatic N) is 2. The van der Waals surface area contributed by atoms with Crippen molar-refractivity contribution in [2.24, 2.45) is 0 Å². The van der Waals surface area contributed by atoms with Gasteiger partial charge in [-0.05, 0) is 25.0 Å². The van der Waals surface area contributed by atoms with Crippen molar-refractivity contribution in [3.05, 3.63) is 29.6 Å². The van der Waals surface area contributed by atoms with Gasteiger partial charge in [0.05, 0.1) is 11.5 Å². The van der Waals surface area contributed by atoms with Crippen LogP contribution >= 0.6 is 0 Å². The molecule has 24 heavy (non-hydrogen) atoms. The van der Waals surface area contributed by atoms with Crippen molar-refractivity contribution in [3.63, 3.8) is 0 Å². The summed E-state index contributed by atoms with van der Waals surface area (Å²) >= 11 is 0. The van der Waals surface area contributed by atoms with Gasteiger partial charge in [0.2, 0.25) is 0 Å². The van der Waals surface area contributed by atoms with Crippen LogP contribution in [0, 0.1) is 0 Å². The molecule has 132 valence electrons. The van der Waals surface area contributed by atoms with Gasteiger partial charge in [-0.2, -0.15) is 0 Å². The Morgan fingerprint density at radius 1 is 1.33 bits per heavy atom. The molecule has 0 radical (unpaired) electrons. The number of amides is 2. The van der Waals surface area contributed by atoms with Crippen LogP contribution in [0.15, 0.2) is 18.2 Å². The van der Waals surface area contributed by atoms with Gasteiger partial charge in [-0.15, -0.1) is 0 Å². The number of unbranched alkanes of at least 4 members (excludes halogenated alkanes) is 1. The van der Waals surface area contributed by atoms with Crippen LogP contribution in [0.4, 0.5) is 0 Å². The van der Waals surface area contributed by atoms with Crippen molar-refractivity contribution in [3.8, 4) is 0 Å². The minimum absolute atomic E-state index is 0.0214. The molecule has 2 rings (SSSR count). The molecule has 0 saturated carbocycles. The van der Waals surface area contributed by atoms with Crippen LogP contribution in [0.25, 0.3) is 0 Å². The van der Waals surface area contributed by atoms with Gasteiger partial charge in [-0.25, -0.2) is 13.4 Å². The van der Waals surface area contributed by atoms with Crippen LogP contribution in [0.2, 0.25) is 0 Å². The van der Waals surface area contributed by atoms with Crippen molar-refractivity contribution >= 4 is 21.7 Å². The maximum atomic E-state index is 12.5. The number of pyridine rings is 1. The molecule has 1 aromatic heterocycles. The lowest BCUT2D eigenvalue weighted by Crippen LogP contribution is -2.38. The van der Waals surface area contributed by atoms with Gasteiger partial charge in [-0.1, -0.05) is 19.4 Å². The molecular formula is C16H23N3O4S. The van der Waals surface area contributed by atoms with Crippen LogP contribution in [0.5, 0.6) is 0 Å². The molecule has 0 aliphatic carbocycles. The highest BCUT2D eigenvalue weighted by Crippen LogP contribution is 2.18. The van der Waals surface area contributed by atoms with Gasteiger partial charge < -0.3 is 10.2 Å². The Morgan fingerprint density at radius 3 is 2.67 bits per heavy atom. The van der Waals surface area contributed by atoms with E-state index in [0.29, 0.717) is 13.0 Å². The molecule has 2 amide bonds. The van der Waals surface area contributed by atoms with Gasteiger partial charge >= 0.3 is 0 Å². The first-order valence-electron chi connectivity index (χ1n) is 8.07. The van der Waals surface area contributed by atoms with Crippen molar-refractivity contribution in [2.45, 2.75) is 32.2 Å². The maximum absolute atomic E-state index is 12.5. The molecule has 7 nitrogen and oxygen atoms in total. The highest BCUT2D eigenvalue weighted by Gasteiger charge is 2.33. The lowest BCUT2D eigenvalue weighted by atomic mass is 10.2. The fraction of sp³-hybridized carbons (Fsp3) is 0.562. The first-order valence-corrected chi connectivity index (χ1v) is 9.89. The van der Waals surface area contributed by atoms with Crippen molar-refractivity contribution in [1.29, 1.82) is 0 Å². The van der Waals surface area contributed by atoms with E-state index >= 15 is 0 Å². The van der Waals surface area contributed by atoms with E-state index in [2.05, 4.69) is 10.3 Å². The highest BCUT2D eigenvalue weighted by molar-refractivity contribution is 7.91. The third-order valence-electron chi connectivity index (χ3n) is 4.09. The largest absolute Gasteiger partial charge is 0.351 e. The Bertz CT molecular complexity index is 718. The number of nitrogens with one attached hydrogen (secondary N) is 1. The number of aromatic nitrogens is 1. The van der Waals surface area contributed by atoms with Gasteiger partial charge in [0.15, 0.2) is 9.84 Å². The number of carbonyl (C=O) groups is 2. The quantitative estimate of drug-likeness (QED) is 0.766. The summed E-state index contributed by atoms with van der Waals surface area (Å²) in [6.07, 6.45) is 2.28. The van der Waals surface area contributed by atoms with Crippen molar-refractivity contribution < 1.29 is 18.0 Å². The van der Waals surface area contributed by atoms with E-state index in [1.54, 1.807) is 19.2 Å². The monoisotopic (exact) mass is 353 g/mol. The summed E-state index contributed by atoms with van der Waals surface area (Å²) in [4.78, 5) is 30.1. The zero-order chi connectivity index (χ0) is 17.7. The fourth-order valence-electron chi connectivity index (χ4n) is 2.58. The normalized spacial score (nSPS) is 19.0. The van der Waals surface area contributed by atoms with Crippen LogP contribution in [0.1, 0.15) is 47.2 Å². The third-order valence-corrected chi connectivity index (χ3v) is 5.84. The summed E-state index contributed by atoms with van der Waals surface area (Å²) in [6.45, 7) is 2.60. The van der Waals surface area contributed by atoms with E-state index in [-0.39, 0.29) is 40.7 Å². The van der Waals surface area contributed by atoms with E-state index in [1.165, 1.54) is 11.0 Å². The van der Waals surface area contributed by atoms with E-state index in [9.17, 15) is 18.0 Å². The van der Waals surface area contributed by atoms with E-state index in [1.807, 2.05) is 6.92 Å². The Kier molecular flexibility index (Phi) is 5.93. The van der Waals surface area contributed by atoms with E-state index in [0.717, 1.165) is 12.8 Å². The first kappa shape index (κ1) is 18.4. The molecule has 0 aromatic carbocycles. The highest BCUT2D eigenvalue weighted by atomic mass is 32.2. The molecule has 1 aliphatic heterocycles. The number of hydrogen-bond acceptors (Lipinski definition) is 5. The molecule has 1 aliphatic rings. The van der Waals surface area contributed by atoms with Crippen LogP contribution < -0.4 is 5.32 Å². The van der Waals surface area contributed by atoms with Gasteiger partial charge in [0.25, 0.3) is 11.8 Å². The average Bonchev–Trinajstić information content (AvgIpc) is 2.93. The molecule has 8 heteroatoms. The van der Waals surface area contributed by atoms with Crippen LogP contribution in [0.3, 0.4) is 0 Å². The summed E-state index contributed by atoms with van der Waals surface area (Å²) in [7, 11) is -1.50. The predicted octanol–water partition coefficient (Wildman–Crippen LogP) is 0.871. The summed E-state index contributed by atoms with van der Waals surface area (Å²) in [5, 5.41) is 2.76. The second-order valence-corrected chi connectivity index (χ2v) is 8.22. The minimum Gasteiger partial charge on any atom is -0.351 e. The zero-order valence-corrected chi connectivity index (χ0v) is 14.8. The van der Waals surface area contributed by atoms with Crippen LogP contribution in [-0.4, -0.2) is 61.3 Å². The van der Waals surface area contributed by atoms with Gasteiger partial charge in [0, 0.05) is 19.6 Å². The Balaban J connectivity index is 2.07. The maximum Gasteiger partial charge on any atom is 0.272 e.